The topological polar surface area (TPSA) is 48.8 Å². The zero-order chi connectivity index (χ0) is 6.53. The Hall–Kier alpha value is 0.0400. The maximum atomic E-state index is 8.12. The number of alkyl halides is 2. The third-order valence-electron chi connectivity index (χ3n) is 1.34. The number of halogens is 1. The SMILES string of the molecule is [N-]=[N+]=NI1CCCCC1. The fourth-order valence-corrected chi connectivity index (χ4v) is 4.98. The van der Waals surface area contributed by atoms with Crippen LogP contribution in [0.15, 0.2) is 3.33 Å². The molecule has 1 saturated heterocycles. The average Bonchev–Trinajstić information content (AvgIpc) is 1.91. The third-order valence-corrected chi connectivity index (χ3v) is 6.16. The van der Waals surface area contributed by atoms with Crippen molar-refractivity contribution in [2.75, 3.05) is 8.86 Å². The van der Waals surface area contributed by atoms with E-state index in [0.29, 0.717) is 0 Å². The molecule has 0 spiro atoms. The molecule has 0 saturated carbocycles. The van der Waals surface area contributed by atoms with Gasteiger partial charge in [0.05, 0.1) is 0 Å². The summed E-state index contributed by atoms with van der Waals surface area (Å²) in [7, 11) is 0. The molecule has 0 N–H and O–H groups in total. The van der Waals surface area contributed by atoms with Gasteiger partial charge >= 0.3 is 62.0 Å². The Morgan fingerprint density at radius 1 is 1.22 bits per heavy atom. The quantitative estimate of drug-likeness (QED) is 0.222. The van der Waals surface area contributed by atoms with Gasteiger partial charge in [-0.15, -0.1) is 0 Å². The summed E-state index contributed by atoms with van der Waals surface area (Å²) >= 11 is -1.07. The molecule has 52 valence electrons. The van der Waals surface area contributed by atoms with Crippen molar-refractivity contribution in [2.24, 2.45) is 3.33 Å². The van der Waals surface area contributed by atoms with Gasteiger partial charge in [0.15, 0.2) is 0 Å². The van der Waals surface area contributed by atoms with E-state index in [1.54, 1.807) is 0 Å². The van der Waals surface area contributed by atoms with E-state index in [2.05, 4.69) is 8.24 Å². The second-order valence-electron chi connectivity index (χ2n) is 2.03. The molecule has 1 aliphatic heterocycles. The Kier molecular flexibility index (Phi) is 3.14. The van der Waals surface area contributed by atoms with E-state index in [1.807, 2.05) is 0 Å². The first kappa shape index (κ1) is 7.15. The molecule has 1 aliphatic rings. The monoisotopic (exact) mass is 239 g/mol. The van der Waals surface area contributed by atoms with E-state index in [4.69, 9.17) is 5.53 Å². The first-order valence-corrected chi connectivity index (χ1v) is 7.12. The van der Waals surface area contributed by atoms with Crippen molar-refractivity contribution >= 4 is 20.1 Å². The molecular weight excluding hydrogens is 229 g/mol. The minimum atomic E-state index is -1.07. The molecule has 0 aromatic carbocycles. The van der Waals surface area contributed by atoms with Crippen LogP contribution in [0.4, 0.5) is 0 Å². The van der Waals surface area contributed by atoms with Gasteiger partial charge in [0.25, 0.3) is 0 Å². The van der Waals surface area contributed by atoms with Crippen LogP contribution in [0.5, 0.6) is 0 Å². The van der Waals surface area contributed by atoms with E-state index in [9.17, 15) is 0 Å². The van der Waals surface area contributed by atoms with Crippen LogP contribution in [0.3, 0.4) is 0 Å². The Balaban J connectivity index is 2.31. The molecule has 0 aromatic heterocycles. The van der Waals surface area contributed by atoms with Crippen LogP contribution in [0, 0.1) is 0 Å². The van der Waals surface area contributed by atoms with Gasteiger partial charge in [-0.25, -0.2) is 0 Å². The number of hydrogen-bond acceptors (Lipinski definition) is 1. The van der Waals surface area contributed by atoms with E-state index < -0.39 is 20.1 Å². The van der Waals surface area contributed by atoms with E-state index in [0.717, 1.165) is 0 Å². The minimum absolute atomic E-state index is 1.07. The van der Waals surface area contributed by atoms with Crippen molar-refractivity contribution in [2.45, 2.75) is 19.3 Å². The summed E-state index contributed by atoms with van der Waals surface area (Å²) in [5, 5.41) is 0. The summed E-state index contributed by atoms with van der Waals surface area (Å²) in [6.45, 7) is 0. The zero-order valence-corrected chi connectivity index (χ0v) is 7.41. The van der Waals surface area contributed by atoms with Crippen LogP contribution in [-0.2, 0) is 0 Å². The van der Waals surface area contributed by atoms with Gasteiger partial charge in [-0.2, -0.15) is 0 Å². The number of azide groups is 1. The second-order valence-corrected chi connectivity index (χ2v) is 7.06. The molecule has 0 atom stereocenters. The second kappa shape index (κ2) is 3.95. The van der Waals surface area contributed by atoms with Crippen molar-refractivity contribution in [1.82, 2.24) is 0 Å². The van der Waals surface area contributed by atoms with E-state index in [-0.39, 0.29) is 0 Å². The summed E-state index contributed by atoms with van der Waals surface area (Å²) in [5.74, 6) is 0. The molecule has 0 amide bonds. The van der Waals surface area contributed by atoms with Crippen LogP contribution in [0.1, 0.15) is 19.3 Å². The van der Waals surface area contributed by atoms with Crippen LogP contribution in [-0.4, -0.2) is 8.86 Å². The summed E-state index contributed by atoms with van der Waals surface area (Å²) in [5.41, 5.74) is 8.12. The molecule has 4 heteroatoms. The molecule has 0 aliphatic carbocycles. The summed E-state index contributed by atoms with van der Waals surface area (Å²) < 4.78 is 6.34. The van der Waals surface area contributed by atoms with Gasteiger partial charge in [0.2, 0.25) is 0 Å². The molecular formula is C5H10IN3. The summed E-state index contributed by atoms with van der Waals surface area (Å²) in [6, 6.07) is 0. The molecule has 1 fully saturated rings. The van der Waals surface area contributed by atoms with Gasteiger partial charge in [-0.05, 0) is 0 Å². The normalized spacial score (nSPS) is 22.9. The first-order chi connectivity index (χ1) is 4.43. The van der Waals surface area contributed by atoms with Gasteiger partial charge in [-0.3, -0.25) is 0 Å². The molecule has 0 radical (unpaired) electrons. The molecule has 1 rings (SSSR count). The summed E-state index contributed by atoms with van der Waals surface area (Å²) in [6.07, 6.45) is 3.97. The zero-order valence-electron chi connectivity index (χ0n) is 5.26. The number of nitrogens with zero attached hydrogens (tertiary/aromatic N) is 3. The first-order valence-electron chi connectivity index (χ1n) is 3.10. The Morgan fingerprint density at radius 2 is 1.89 bits per heavy atom. The van der Waals surface area contributed by atoms with Gasteiger partial charge < -0.3 is 0 Å². The van der Waals surface area contributed by atoms with Crippen molar-refractivity contribution in [3.8, 4) is 0 Å². The Bertz CT molecular complexity index is 124. The van der Waals surface area contributed by atoms with Gasteiger partial charge in [0, 0.05) is 0 Å². The van der Waals surface area contributed by atoms with Gasteiger partial charge in [0.1, 0.15) is 0 Å². The fourth-order valence-electron chi connectivity index (χ4n) is 0.892. The van der Waals surface area contributed by atoms with Crippen molar-refractivity contribution in [3.05, 3.63) is 10.4 Å². The maximum absolute atomic E-state index is 8.12. The van der Waals surface area contributed by atoms with Crippen molar-refractivity contribution < 1.29 is 0 Å². The van der Waals surface area contributed by atoms with Crippen LogP contribution in [0.25, 0.3) is 10.4 Å². The predicted octanol–water partition coefficient (Wildman–Crippen LogP) is 2.90. The standard InChI is InChI=1S/C5H10IN3/c7-9-8-6-4-2-1-3-5-6/h1-5H2. The molecule has 0 aromatic rings. The van der Waals surface area contributed by atoms with Crippen molar-refractivity contribution in [3.63, 3.8) is 0 Å². The molecule has 1 heterocycles. The van der Waals surface area contributed by atoms with Gasteiger partial charge in [-0.1, -0.05) is 0 Å². The molecule has 3 nitrogen and oxygen atoms in total. The van der Waals surface area contributed by atoms with Crippen LogP contribution < -0.4 is 0 Å². The van der Waals surface area contributed by atoms with Crippen LogP contribution in [0.2, 0.25) is 0 Å². The Morgan fingerprint density at radius 3 is 2.44 bits per heavy atom. The third kappa shape index (κ3) is 2.41. The number of hydrogen-bond donors (Lipinski definition) is 0. The summed E-state index contributed by atoms with van der Waals surface area (Å²) in [4.78, 5) is 2.85. The van der Waals surface area contributed by atoms with E-state index >= 15 is 0 Å². The van der Waals surface area contributed by atoms with Crippen LogP contribution >= 0.6 is 20.1 Å². The molecule has 9 heavy (non-hydrogen) atoms. The molecule has 0 unspecified atom stereocenters. The fraction of sp³-hybridized carbons (Fsp3) is 1.00. The average molecular weight is 239 g/mol. The number of rotatable bonds is 1. The van der Waals surface area contributed by atoms with Crippen molar-refractivity contribution in [1.29, 1.82) is 0 Å². The predicted molar refractivity (Wildman–Crippen MR) is 46.8 cm³/mol. The Labute approximate surface area is 62.2 Å². The molecule has 0 bridgehead atoms. The van der Waals surface area contributed by atoms with E-state index in [1.165, 1.54) is 28.1 Å².